The molecule has 0 atom stereocenters. The number of likely N-dealkylation sites (tertiary alicyclic amines) is 1. The van der Waals surface area contributed by atoms with E-state index in [1.165, 1.54) is 6.20 Å². The van der Waals surface area contributed by atoms with Gasteiger partial charge < -0.3 is 10.6 Å². The first-order chi connectivity index (χ1) is 11.6. The molecule has 3 aromatic rings. The van der Waals surface area contributed by atoms with Gasteiger partial charge in [0.1, 0.15) is 0 Å². The summed E-state index contributed by atoms with van der Waals surface area (Å²) in [5.41, 5.74) is 7.11. The maximum atomic E-state index is 12.6. The van der Waals surface area contributed by atoms with Crippen molar-refractivity contribution in [3.63, 3.8) is 0 Å². The number of aromatic nitrogens is 3. The number of nitrogens with two attached hydrogens (primary N) is 1. The lowest BCUT2D eigenvalue weighted by molar-refractivity contribution is 0.0501. The zero-order valence-electron chi connectivity index (χ0n) is 12.8. The summed E-state index contributed by atoms with van der Waals surface area (Å²) in [6.07, 6.45) is 4.80. The molecule has 0 radical (unpaired) electrons. The van der Waals surface area contributed by atoms with E-state index >= 15 is 0 Å². The Morgan fingerprint density at radius 2 is 2.00 bits per heavy atom. The van der Waals surface area contributed by atoms with E-state index in [9.17, 15) is 9.59 Å². The van der Waals surface area contributed by atoms with Gasteiger partial charge in [-0.05, 0) is 24.3 Å². The van der Waals surface area contributed by atoms with Gasteiger partial charge in [0.15, 0.2) is 0 Å². The van der Waals surface area contributed by atoms with Crippen LogP contribution in [0.25, 0.3) is 10.9 Å². The van der Waals surface area contributed by atoms with Crippen molar-refractivity contribution < 1.29 is 9.59 Å². The molecule has 1 aliphatic rings. The highest BCUT2D eigenvalue weighted by Gasteiger charge is 2.33. The largest absolute Gasteiger partial charge is 0.366 e. The summed E-state index contributed by atoms with van der Waals surface area (Å²) in [4.78, 5) is 29.7. The summed E-state index contributed by atoms with van der Waals surface area (Å²) in [6.45, 7) is 1.12. The van der Waals surface area contributed by atoms with Gasteiger partial charge in [0.25, 0.3) is 11.8 Å². The molecule has 0 unspecified atom stereocenters. The first kappa shape index (κ1) is 14.4. The van der Waals surface area contributed by atoms with Crippen molar-refractivity contribution in [2.45, 2.75) is 6.04 Å². The third-order valence-corrected chi connectivity index (χ3v) is 4.26. The first-order valence-electron chi connectivity index (χ1n) is 7.60. The summed E-state index contributed by atoms with van der Waals surface area (Å²) in [5, 5.41) is 5.08. The van der Waals surface area contributed by atoms with Crippen LogP contribution < -0.4 is 5.73 Å². The van der Waals surface area contributed by atoms with E-state index in [4.69, 9.17) is 5.73 Å². The highest BCUT2D eigenvalue weighted by Crippen LogP contribution is 2.24. The molecule has 0 bridgehead atoms. The standard InChI is InChI=1S/C17H15N5O2/c18-16(23)13-7-20-22(8-13)14-9-21(10-14)17(24)12-3-4-15-11(6-12)2-1-5-19-15/h1-8,14H,9-10H2,(H2,18,23). The monoisotopic (exact) mass is 321 g/mol. The number of carbonyl (C=O) groups is 2. The molecule has 0 aliphatic carbocycles. The van der Waals surface area contributed by atoms with Crippen molar-refractivity contribution in [1.82, 2.24) is 19.7 Å². The van der Waals surface area contributed by atoms with Crippen molar-refractivity contribution in [3.05, 3.63) is 60.0 Å². The van der Waals surface area contributed by atoms with Crippen LogP contribution in [0.15, 0.2) is 48.9 Å². The Morgan fingerprint density at radius 3 is 2.75 bits per heavy atom. The summed E-state index contributed by atoms with van der Waals surface area (Å²) >= 11 is 0. The second-order valence-corrected chi connectivity index (χ2v) is 5.85. The highest BCUT2D eigenvalue weighted by molar-refractivity contribution is 5.98. The number of rotatable bonds is 3. The van der Waals surface area contributed by atoms with Gasteiger partial charge in [0, 0.05) is 36.4 Å². The number of hydrogen-bond acceptors (Lipinski definition) is 4. The number of primary amides is 1. The van der Waals surface area contributed by atoms with Crippen LogP contribution in [0, 0.1) is 0 Å². The fourth-order valence-corrected chi connectivity index (χ4v) is 2.84. The number of amides is 2. The van der Waals surface area contributed by atoms with Crippen LogP contribution in [0.4, 0.5) is 0 Å². The maximum Gasteiger partial charge on any atom is 0.254 e. The molecule has 2 amide bonds. The Hall–Kier alpha value is -3.22. The van der Waals surface area contributed by atoms with Gasteiger partial charge in [-0.2, -0.15) is 5.10 Å². The van der Waals surface area contributed by atoms with E-state index in [-0.39, 0.29) is 11.9 Å². The Balaban J connectivity index is 1.47. The fraction of sp³-hybridized carbons (Fsp3) is 0.176. The molecule has 2 aromatic heterocycles. The van der Waals surface area contributed by atoms with Gasteiger partial charge in [0.2, 0.25) is 0 Å². The van der Waals surface area contributed by atoms with Crippen LogP contribution >= 0.6 is 0 Å². The Labute approximate surface area is 137 Å². The zero-order valence-corrected chi connectivity index (χ0v) is 12.8. The average molecular weight is 321 g/mol. The molecule has 3 heterocycles. The van der Waals surface area contributed by atoms with E-state index in [1.807, 2.05) is 24.3 Å². The van der Waals surface area contributed by atoms with Crippen LogP contribution in [-0.4, -0.2) is 44.6 Å². The number of benzene rings is 1. The summed E-state index contributed by atoms with van der Waals surface area (Å²) in [5.74, 6) is -0.516. The molecule has 1 fully saturated rings. The van der Waals surface area contributed by atoms with Crippen LogP contribution in [-0.2, 0) is 0 Å². The van der Waals surface area contributed by atoms with Crippen molar-refractivity contribution in [3.8, 4) is 0 Å². The van der Waals surface area contributed by atoms with Gasteiger partial charge >= 0.3 is 0 Å². The van der Waals surface area contributed by atoms with Crippen LogP contribution in [0.5, 0.6) is 0 Å². The Morgan fingerprint density at radius 1 is 1.17 bits per heavy atom. The van der Waals surface area contributed by atoms with Gasteiger partial charge in [-0.3, -0.25) is 19.3 Å². The second-order valence-electron chi connectivity index (χ2n) is 5.85. The minimum Gasteiger partial charge on any atom is -0.366 e. The molecule has 120 valence electrons. The van der Waals surface area contributed by atoms with Crippen LogP contribution in [0.3, 0.4) is 0 Å². The number of hydrogen-bond donors (Lipinski definition) is 1. The van der Waals surface area contributed by atoms with Crippen molar-refractivity contribution in [2.75, 3.05) is 13.1 Å². The predicted octanol–water partition coefficient (Wildman–Crippen LogP) is 1.23. The molecule has 7 nitrogen and oxygen atoms in total. The Bertz CT molecular complexity index is 943. The van der Waals surface area contributed by atoms with Crippen LogP contribution in [0.2, 0.25) is 0 Å². The van der Waals surface area contributed by atoms with E-state index in [2.05, 4.69) is 10.1 Å². The summed E-state index contributed by atoms with van der Waals surface area (Å²) in [7, 11) is 0. The predicted molar refractivity (Wildman–Crippen MR) is 87.4 cm³/mol. The van der Waals surface area contributed by atoms with Gasteiger partial charge in [-0.25, -0.2) is 0 Å². The molecule has 7 heteroatoms. The molecule has 0 saturated carbocycles. The van der Waals surface area contributed by atoms with E-state index in [0.717, 1.165) is 10.9 Å². The first-order valence-corrected chi connectivity index (χ1v) is 7.60. The third-order valence-electron chi connectivity index (χ3n) is 4.26. The lowest BCUT2D eigenvalue weighted by Crippen LogP contribution is -2.50. The van der Waals surface area contributed by atoms with Crippen molar-refractivity contribution in [2.24, 2.45) is 5.73 Å². The fourth-order valence-electron chi connectivity index (χ4n) is 2.84. The topological polar surface area (TPSA) is 94.1 Å². The minimum atomic E-state index is -0.502. The average Bonchev–Trinajstić information content (AvgIpc) is 3.03. The normalized spacial score (nSPS) is 14.6. The second kappa shape index (κ2) is 5.45. The van der Waals surface area contributed by atoms with E-state index in [0.29, 0.717) is 24.2 Å². The van der Waals surface area contributed by atoms with Gasteiger partial charge in [-0.15, -0.1) is 0 Å². The molecule has 4 rings (SSSR count). The number of carbonyl (C=O) groups excluding carboxylic acids is 2. The van der Waals surface area contributed by atoms with Gasteiger partial charge in [-0.1, -0.05) is 6.07 Å². The quantitative estimate of drug-likeness (QED) is 0.785. The van der Waals surface area contributed by atoms with Crippen LogP contribution in [0.1, 0.15) is 26.8 Å². The van der Waals surface area contributed by atoms with Crippen molar-refractivity contribution >= 4 is 22.7 Å². The smallest absolute Gasteiger partial charge is 0.254 e. The maximum absolute atomic E-state index is 12.6. The summed E-state index contributed by atoms with van der Waals surface area (Å²) < 4.78 is 1.69. The van der Waals surface area contributed by atoms with E-state index in [1.54, 1.807) is 28.0 Å². The molecule has 0 spiro atoms. The van der Waals surface area contributed by atoms with E-state index < -0.39 is 5.91 Å². The molecule has 24 heavy (non-hydrogen) atoms. The number of nitrogens with zero attached hydrogens (tertiary/aromatic N) is 4. The molecule has 1 aromatic carbocycles. The lowest BCUT2D eigenvalue weighted by Gasteiger charge is -2.39. The lowest BCUT2D eigenvalue weighted by atomic mass is 10.1. The third kappa shape index (κ3) is 2.40. The number of pyridine rings is 1. The SMILES string of the molecule is NC(=O)c1cnn(C2CN(C(=O)c3ccc4ncccc4c3)C2)c1. The zero-order chi connectivity index (χ0) is 16.7. The minimum absolute atomic E-state index is 0.0146. The number of fused-ring (bicyclic) bond motifs is 1. The molecular formula is C17H15N5O2. The molecule has 1 aliphatic heterocycles. The molecular weight excluding hydrogens is 306 g/mol. The van der Waals surface area contributed by atoms with Gasteiger partial charge in [0.05, 0.1) is 23.3 Å². The van der Waals surface area contributed by atoms with Crippen molar-refractivity contribution in [1.29, 1.82) is 0 Å². The molecule has 1 saturated heterocycles. The summed E-state index contributed by atoms with van der Waals surface area (Å²) in [6, 6.07) is 9.37. The Kier molecular flexibility index (Phi) is 3.26. The highest BCUT2D eigenvalue weighted by atomic mass is 16.2. The molecule has 2 N–H and O–H groups in total.